The van der Waals surface area contributed by atoms with Gasteiger partial charge in [0.25, 0.3) is 0 Å². The van der Waals surface area contributed by atoms with Gasteiger partial charge in [-0.1, -0.05) is 0 Å². The smallest absolute Gasteiger partial charge is 0.187 e. The molecule has 3 rings (SSSR count). The number of ether oxygens (including phenoxy) is 4. The molecule has 15 nitrogen and oxygen atoms in total. The number of nitrogens with two attached hydrogens (primary N) is 3. The van der Waals surface area contributed by atoms with Crippen molar-refractivity contribution in [3.63, 3.8) is 0 Å². The van der Waals surface area contributed by atoms with Crippen molar-refractivity contribution >= 4 is 0 Å². The number of aliphatic hydroxyl groups is 7. The van der Waals surface area contributed by atoms with Gasteiger partial charge >= 0.3 is 0 Å². The fourth-order valence-corrected chi connectivity index (χ4v) is 4.44. The quantitative estimate of drug-likeness (QED) is 0.167. The topological polar surface area (TPSA) is 269 Å². The molecule has 2 aliphatic heterocycles. The summed E-state index contributed by atoms with van der Waals surface area (Å²) in [4.78, 5) is 0. The van der Waals surface area contributed by atoms with E-state index in [-0.39, 0.29) is 13.2 Å². The van der Waals surface area contributed by atoms with Gasteiger partial charge in [-0.05, 0) is 7.05 Å². The lowest BCUT2D eigenvalue weighted by Crippen LogP contribution is -2.72. The number of aliphatic hydroxyl groups excluding tert-OH is 7. The van der Waals surface area contributed by atoms with Gasteiger partial charge in [-0.25, -0.2) is 0 Å². The lowest BCUT2D eigenvalue weighted by molar-refractivity contribution is -0.331. The summed E-state index contributed by atoms with van der Waals surface area (Å²) in [5.41, 5.74) is 17.6. The van der Waals surface area contributed by atoms with E-state index in [1.54, 1.807) is 0 Å². The first-order valence-corrected chi connectivity index (χ1v) is 10.8. The van der Waals surface area contributed by atoms with E-state index >= 15 is 0 Å². The molecular formula is C18H36N4O11. The molecule has 2 heterocycles. The maximum Gasteiger partial charge on any atom is 0.187 e. The van der Waals surface area contributed by atoms with Crippen LogP contribution in [-0.4, -0.2) is 148 Å². The number of likely N-dealkylation sites (N-methyl/N-ethyl adjacent to an activating group) is 1. The largest absolute Gasteiger partial charge is 0.390 e. The Hall–Kier alpha value is -0.600. The lowest BCUT2D eigenvalue weighted by Gasteiger charge is -2.49. The first-order chi connectivity index (χ1) is 15.5. The van der Waals surface area contributed by atoms with Crippen molar-refractivity contribution in [2.75, 3.05) is 20.2 Å². The number of rotatable bonds is 6. The van der Waals surface area contributed by atoms with Crippen LogP contribution in [0.15, 0.2) is 0 Å². The number of nitrogens with one attached hydrogen (secondary N) is 1. The minimum atomic E-state index is -1.71. The van der Waals surface area contributed by atoms with E-state index in [0.29, 0.717) is 0 Å². The van der Waals surface area contributed by atoms with E-state index in [1.165, 1.54) is 7.05 Å². The molecule has 2 saturated heterocycles. The molecule has 0 bridgehead atoms. The zero-order valence-electron chi connectivity index (χ0n) is 18.1. The predicted molar refractivity (Wildman–Crippen MR) is 108 cm³/mol. The summed E-state index contributed by atoms with van der Waals surface area (Å²) in [6.07, 6.45) is -16.9. The van der Waals surface area contributed by atoms with E-state index in [9.17, 15) is 35.7 Å². The third-order valence-electron chi connectivity index (χ3n) is 6.53. The molecule has 15 unspecified atom stereocenters. The molecule has 1 aliphatic carbocycles. The molecule has 0 amide bonds. The summed E-state index contributed by atoms with van der Waals surface area (Å²) < 4.78 is 22.0. The van der Waals surface area contributed by atoms with Gasteiger partial charge < -0.3 is 77.2 Å². The van der Waals surface area contributed by atoms with Crippen LogP contribution in [0.25, 0.3) is 0 Å². The van der Waals surface area contributed by atoms with Crippen molar-refractivity contribution in [2.45, 2.75) is 91.7 Å². The molecule has 33 heavy (non-hydrogen) atoms. The maximum atomic E-state index is 10.9. The van der Waals surface area contributed by atoms with Gasteiger partial charge in [-0.15, -0.1) is 0 Å². The van der Waals surface area contributed by atoms with Crippen LogP contribution in [0.3, 0.4) is 0 Å². The molecule has 0 spiro atoms. The first-order valence-electron chi connectivity index (χ1n) is 10.8. The minimum Gasteiger partial charge on any atom is -0.390 e. The second-order valence-corrected chi connectivity index (χ2v) is 8.66. The summed E-state index contributed by atoms with van der Waals surface area (Å²) in [5.74, 6) is 0. The average Bonchev–Trinajstić information content (AvgIpc) is 2.79. The van der Waals surface area contributed by atoms with Crippen LogP contribution in [0.2, 0.25) is 0 Å². The molecule has 0 radical (unpaired) electrons. The summed E-state index contributed by atoms with van der Waals surface area (Å²) in [7, 11) is 1.53. The zero-order chi connectivity index (χ0) is 24.6. The highest BCUT2D eigenvalue weighted by molar-refractivity contribution is 5.05. The highest BCUT2D eigenvalue weighted by atomic mass is 16.7. The van der Waals surface area contributed by atoms with E-state index in [2.05, 4.69) is 5.32 Å². The van der Waals surface area contributed by atoms with Crippen molar-refractivity contribution in [3.05, 3.63) is 0 Å². The molecule has 14 N–H and O–H groups in total. The Balaban J connectivity index is 1.75. The average molecular weight is 485 g/mol. The van der Waals surface area contributed by atoms with Crippen molar-refractivity contribution in [3.8, 4) is 0 Å². The summed E-state index contributed by atoms with van der Waals surface area (Å²) >= 11 is 0. The Labute approximate surface area is 190 Å². The van der Waals surface area contributed by atoms with Crippen LogP contribution in [0, 0.1) is 0 Å². The minimum absolute atomic E-state index is 0.171. The third kappa shape index (κ3) is 5.18. The monoisotopic (exact) mass is 484 g/mol. The van der Waals surface area contributed by atoms with Crippen LogP contribution in [0.4, 0.5) is 0 Å². The summed E-state index contributed by atoms with van der Waals surface area (Å²) in [6, 6.07) is -3.26. The molecule has 15 heteroatoms. The van der Waals surface area contributed by atoms with Gasteiger partial charge in [0.1, 0.15) is 48.8 Å². The lowest BCUT2D eigenvalue weighted by atomic mass is 9.82. The molecule has 0 aromatic carbocycles. The standard InChI is InChI=1S/C18H36N4O11/c1-22-8-4(23)3-30-17(11(8)26)32-15-6(20)10(25)7(21)16(14(15)29)33-18-13(28)12(27)9(24)5(2-19)31-18/h4-18,22-29H,2-3,19-21H2,1H3. The third-order valence-corrected chi connectivity index (χ3v) is 6.53. The van der Waals surface area contributed by atoms with Crippen LogP contribution in [0.5, 0.6) is 0 Å². The normalized spacial score (nSPS) is 53.7. The van der Waals surface area contributed by atoms with Gasteiger partial charge in [0.2, 0.25) is 0 Å². The first kappa shape index (κ1) is 27.0. The highest BCUT2D eigenvalue weighted by Gasteiger charge is 2.53. The molecule has 3 aliphatic rings. The van der Waals surface area contributed by atoms with Gasteiger partial charge in [0, 0.05) is 6.54 Å². The predicted octanol–water partition coefficient (Wildman–Crippen LogP) is -7.42. The fourth-order valence-electron chi connectivity index (χ4n) is 4.44. The summed E-state index contributed by atoms with van der Waals surface area (Å²) in [5, 5.41) is 74.9. The maximum absolute atomic E-state index is 10.9. The van der Waals surface area contributed by atoms with Gasteiger partial charge in [0.05, 0.1) is 36.9 Å². The Morgan fingerprint density at radius 1 is 0.788 bits per heavy atom. The van der Waals surface area contributed by atoms with Crippen LogP contribution >= 0.6 is 0 Å². The van der Waals surface area contributed by atoms with Crippen LogP contribution in [-0.2, 0) is 18.9 Å². The molecule has 0 aromatic rings. The van der Waals surface area contributed by atoms with E-state index in [1.807, 2.05) is 0 Å². The van der Waals surface area contributed by atoms with Crippen molar-refractivity contribution < 1.29 is 54.7 Å². The molecular weight excluding hydrogens is 448 g/mol. The molecule has 194 valence electrons. The Morgan fingerprint density at radius 3 is 1.91 bits per heavy atom. The molecule has 15 atom stereocenters. The summed E-state index contributed by atoms with van der Waals surface area (Å²) in [6.45, 7) is -0.366. The van der Waals surface area contributed by atoms with Gasteiger partial charge in [0.15, 0.2) is 12.6 Å². The second kappa shape index (κ2) is 11.0. The molecule has 0 aromatic heterocycles. The van der Waals surface area contributed by atoms with Crippen molar-refractivity contribution in [1.82, 2.24) is 5.32 Å². The van der Waals surface area contributed by atoms with Crippen molar-refractivity contribution in [2.24, 2.45) is 17.2 Å². The van der Waals surface area contributed by atoms with Crippen LogP contribution < -0.4 is 22.5 Å². The number of hydrogen-bond acceptors (Lipinski definition) is 15. The van der Waals surface area contributed by atoms with E-state index in [4.69, 9.17) is 36.1 Å². The second-order valence-electron chi connectivity index (χ2n) is 8.66. The zero-order valence-corrected chi connectivity index (χ0v) is 18.1. The Kier molecular flexibility index (Phi) is 8.99. The fraction of sp³-hybridized carbons (Fsp3) is 1.00. The highest BCUT2D eigenvalue weighted by Crippen LogP contribution is 2.30. The number of hydrogen-bond donors (Lipinski definition) is 11. The van der Waals surface area contributed by atoms with Gasteiger partial charge in [-0.3, -0.25) is 0 Å². The molecule has 3 fully saturated rings. The molecule has 1 saturated carbocycles. The SMILES string of the molecule is CNC1C(O)COC(OC2C(N)C(O)C(N)C(OC3OC(CN)C(O)C(O)C3O)C2O)C1O. The Bertz CT molecular complexity index is 636. The van der Waals surface area contributed by atoms with Crippen LogP contribution in [0.1, 0.15) is 0 Å². The van der Waals surface area contributed by atoms with E-state index in [0.717, 1.165) is 0 Å². The Morgan fingerprint density at radius 2 is 1.36 bits per heavy atom. The van der Waals surface area contributed by atoms with Gasteiger partial charge in [-0.2, -0.15) is 0 Å². The van der Waals surface area contributed by atoms with Crippen molar-refractivity contribution in [1.29, 1.82) is 0 Å². The van der Waals surface area contributed by atoms with E-state index < -0.39 is 91.7 Å².